The number of carbonyl (C=O) groups is 1. The first-order valence-electron chi connectivity index (χ1n) is 5.81. The van der Waals surface area contributed by atoms with Crippen molar-refractivity contribution in [2.45, 2.75) is 38.0 Å². The van der Waals surface area contributed by atoms with Gasteiger partial charge in [-0.15, -0.1) is 4.31 Å². The number of benzene rings is 1. The van der Waals surface area contributed by atoms with E-state index in [1.807, 2.05) is 19.1 Å². The Labute approximate surface area is 120 Å². The smallest absolute Gasteiger partial charge is 0.449 e. The molecule has 0 aliphatic rings. The molecule has 0 saturated heterocycles. The fraction of sp³-hybridized carbons (Fsp3) is 0.462. The molecule has 0 fully saturated rings. The van der Waals surface area contributed by atoms with Crippen LogP contribution in [-0.4, -0.2) is 27.1 Å². The first kappa shape index (κ1) is 16.2. The molecule has 0 aromatic heterocycles. The third kappa shape index (κ3) is 4.33. The molecule has 0 radical (unpaired) electrons. The quantitative estimate of drug-likeness (QED) is 0.684. The fourth-order valence-electron chi connectivity index (χ4n) is 1.41. The van der Waals surface area contributed by atoms with Crippen molar-refractivity contribution in [2.75, 3.05) is 7.05 Å². The molecular weight excluding hydrogens is 282 g/mol. The van der Waals surface area contributed by atoms with E-state index in [2.05, 4.69) is 26.8 Å². The zero-order valence-electron chi connectivity index (χ0n) is 11.8. The average molecular weight is 301 g/mol. The van der Waals surface area contributed by atoms with Gasteiger partial charge in [0, 0.05) is 0 Å². The van der Waals surface area contributed by atoms with E-state index < -0.39 is 16.5 Å². The number of aryl methyl sites for hydroxylation is 1. The normalized spacial score (nSPS) is 13.2. The summed E-state index contributed by atoms with van der Waals surface area (Å²) in [5, 5.41) is 8.77. The van der Waals surface area contributed by atoms with Crippen LogP contribution in [0, 0.1) is 6.92 Å². The Hall–Kier alpha value is -0.850. The van der Waals surface area contributed by atoms with E-state index >= 15 is 0 Å². The molecule has 1 rings (SSSR count). The number of hydrogen-bond donors (Lipinski definition) is 1. The van der Waals surface area contributed by atoms with Gasteiger partial charge in [-0.1, -0.05) is 32.9 Å². The molecule has 1 amide bonds. The van der Waals surface area contributed by atoms with Gasteiger partial charge >= 0.3 is 6.09 Å². The monoisotopic (exact) mass is 301 g/mol. The number of nitrogens with zero attached hydrogens (tertiary/aromatic N) is 1. The zero-order valence-corrected chi connectivity index (χ0v) is 13.4. The minimum absolute atomic E-state index is 0.0605. The van der Waals surface area contributed by atoms with Crippen molar-refractivity contribution in [1.29, 1.82) is 0 Å². The molecule has 106 valence electrons. The molecule has 1 unspecified atom stereocenters. The van der Waals surface area contributed by atoms with Crippen LogP contribution in [0.2, 0.25) is 0 Å². The van der Waals surface area contributed by atoms with Crippen LogP contribution in [0.25, 0.3) is 0 Å². The SMILES string of the molecule is Cc1cc(C(C)(C)C)ccc1S[S+]([O-])N(C)C(=O)O. The van der Waals surface area contributed by atoms with Crippen LogP contribution in [0.5, 0.6) is 0 Å². The summed E-state index contributed by atoms with van der Waals surface area (Å²) in [6.07, 6.45) is -1.20. The summed E-state index contributed by atoms with van der Waals surface area (Å²) in [7, 11) is 0.706. The van der Waals surface area contributed by atoms with E-state index in [0.717, 1.165) is 25.6 Å². The molecular formula is C13H19NO3S2. The van der Waals surface area contributed by atoms with Gasteiger partial charge < -0.3 is 9.66 Å². The Balaban J connectivity index is 2.89. The van der Waals surface area contributed by atoms with Crippen LogP contribution in [0.4, 0.5) is 4.79 Å². The summed E-state index contributed by atoms with van der Waals surface area (Å²) in [6, 6.07) is 5.95. The van der Waals surface area contributed by atoms with Crippen molar-refractivity contribution in [3.8, 4) is 0 Å². The number of carboxylic acid groups (broad SMARTS) is 1. The van der Waals surface area contributed by atoms with Crippen LogP contribution in [0.15, 0.2) is 23.1 Å². The van der Waals surface area contributed by atoms with E-state index in [1.165, 1.54) is 12.6 Å². The van der Waals surface area contributed by atoms with Gasteiger partial charge in [0.15, 0.2) is 21.2 Å². The molecule has 1 N–H and O–H groups in total. The van der Waals surface area contributed by atoms with E-state index in [0.29, 0.717) is 0 Å². The molecule has 1 aromatic rings. The second-order valence-electron chi connectivity index (χ2n) is 5.31. The van der Waals surface area contributed by atoms with Crippen molar-refractivity contribution in [3.63, 3.8) is 0 Å². The van der Waals surface area contributed by atoms with E-state index in [-0.39, 0.29) is 5.41 Å². The Morgan fingerprint density at radius 2 is 2.00 bits per heavy atom. The van der Waals surface area contributed by atoms with Crippen LogP contribution < -0.4 is 0 Å². The molecule has 0 saturated carbocycles. The highest BCUT2D eigenvalue weighted by molar-refractivity contribution is 8.71. The summed E-state index contributed by atoms with van der Waals surface area (Å²) >= 11 is 0. The van der Waals surface area contributed by atoms with Gasteiger partial charge in [0.1, 0.15) is 0 Å². The molecule has 1 atom stereocenters. The lowest BCUT2D eigenvalue weighted by Crippen LogP contribution is -2.29. The maximum atomic E-state index is 11.8. The molecule has 0 heterocycles. The Bertz CT molecular complexity index is 471. The molecule has 19 heavy (non-hydrogen) atoms. The third-order valence-electron chi connectivity index (χ3n) is 2.70. The van der Waals surface area contributed by atoms with Gasteiger partial charge in [-0.05, 0) is 29.5 Å². The lowest BCUT2D eigenvalue weighted by Gasteiger charge is -2.21. The molecule has 0 aliphatic carbocycles. The largest absolute Gasteiger partial charge is 0.581 e. The van der Waals surface area contributed by atoms with Crippen molar-refractivity contribution >= 4 is 27.3 Å². The van der Waals surface area contributed by atoms with Gasteiger partial charge in [0.2, 0.25) is 0 Å². The van der Waals surface area contributed by atoms with Crippen LogP contribution >= 0.6 is 10.8 Å². The molecule has 6 heteroatoms. The first-order chi connectivity index (χ1) is 8.62. The summed E-state index contributed by atoms with van der Waals surface area (Å²) in [5.74, 6) is 0. The third-order valence-corrected chi connectivity index (χ3v) is 5.72. The second kappa shape index (κ2) is 6.07. The highest BCUT2D eigenvalue weighted by Gasteiger charge is 2.24. The van der Waals surface area contributed by atoms with Gasteiger partial charge in [0.25, 0.3) is 0 Å². The zero-order chi connectivity index (χ0) is 14.8. The maximum Gasteiger partial charge on any atom is 0.449 e. The Morgan fingerprint density at radius 3 is 2.42 bits per heavy atom. The Morgan fingerprint density at radius 1 is 1.42 bits per heavy atom. The highest BCUT2D eigenvalue weighted by Crippen LogP contribution is 2.32. The molecule has 0 bridgehead atoms. The summed E-state index contributed by atoms with van der Waals surface area (Å²) < 4.78 is 12.6. The number of amides is 1. The molecule has 1 aromatic carbocycles. The topological polar surface area (TPSA) is 63.6 Å². The van der Waals surface area contributed by atoms with Crippen molar-refractivity contribution in [2.24, 2.45) is 0 Å². The van der Waals surface area contributed by atoms with Crippen LogP contribution in [0.1, 0.15) is 31.9 Å². The maximum absolute atomic E-state index is 11.8. The van der Waals surface area contributed by atoms with E-state index in [1.54, 1.807) is 0 Å². The van der Waals surface area contributed by atoms with Gasteiger partial charge in [-0.25, -0.2) is 4.79 Å². The summed E-state index contributed by atoms with van der Waals surface area (Å²) in [5.41, 5.74) is 2.27. The number of rotatable bonds is 3. The lowest BCUT2D eigenvalue weighted by atomic mass is 9.86. The standard InChI is InChI=1S/C13H19NO3S2/c1-9-8-10(13(2,3)4)6-7-11(9)18-19(17)14(5)12(15)16/h6-8H,1-5H3,(H,15,16). The van der Waals surface area contributed by atoms with Crippen LogP contribution in [-0.2, 0) is 15.8 Å². The Kier molecular flexibility index (Phi) is 5.18. The van der Waals surface area contributed by atoms with Gasteiger partial charge in [-0.3, -0.25) is 0 Å². The van der Waals surface area contributed by atoms with Crippen molar-refractivity contribution in [1.82, 2.24) is 4.31 Å². The van der Waals surface area contributed by atoms with Crippen molar-refractivity contribution in [3.05, 3.63) is 29.3 Å². The minimum Gasteiger partial charge on any atom is -0.581 e. The molecule has 4 nitrogen and oxygen atoms in total. The first-order valence-corrected chi connectivity index (χ1v) is 8.25. The average Bonchev–Trinajstić information content (AvgIpc) is 2.29. The van der Waals surface area contributed by atoms with Gasteiger partial charge in [-0.2, -0.15) is 0 Å². The van der Waals surface area contributed by atoms with Gasteiger partial charge in [0.05, 0.1) is 11.9 Å². The minimum atomic E-state index is -1.63. The molecule has 0 aliphatic heterocycles. The van der Waals surface area contributed by atoms with E-state index in [9.17, 15) is 9.35 Å². The predicted molar refractivity (Wildman–Crippen MR) is 79.7 cm³/mol. The molecule has 0 spiro atoms. The fourth-order valence-corrected chi connectivity index (χ4v) is 3.66. The summed E-state index contributed by atoms with van der Waals surface area (Å²) in [6.45, 7) is 8.33. The van der Waals surface area contributed by atoms with E-state index in [4.69, 9.17) is 5.11 Å². The number of hydrogen-bond acceptors (Lipinski definition) is 3. The summed E-state index contributed by atoms with van der Waals surface area (Å²) in [4.78, 5) is 11.6. The second-order valence-corrected chi connectivity index (χ2v) is 8.25. The lowest BCUT2D eigenvalue weighted by molar-refractivity contribution is 0.179. The van der Waals surface area contributed by atoms with Crippen LogP contribution in [0.3, 0.4) is 0 Å². The van der Waals surface area contributed by atoms with Crippen molar-refractivity contribution < 1.29 is 14.5 Å². The highest BCUT2D eigenvalue weighted by atomic mass is 33.1. The predicted octanol–water partition coefficient (Wildman–Crippen LogP) is 3.57.